The van der Waals surface area contributed by atoms with Gasteiger partial charge in [-0.15, -0.1) is 0 Å². The average molecular weight is 182 g/mol. The number of hydrogen-bond donors (Lipinski definition) is 1. The summed E-state index contributed by atoms with van der Waals surface area (Å²) >= 11 is 0. The zero-order valence-corrected chi connectivity index (χ0v) is 7.83. The normalized spacial score (nSPS) is 12.8. The topological polar surface area (TPSA) is 20.2 Å². The van der Waals surface area contributed by atoms with Crippen molar-refractivity contribution in [3.8, 4) is 0 Å². The molecule has 1 rings (SSSR count). The molecule has 0 spiro atoms. The number of aryl methyl sites for hydroxylation is 1. The van der Waals surface area contributed by atoms with Gasteiger partial charge in [0.05, 0.1) is 0 Å². The minimum atomic E-state index is -0.195. The van der Waals surface area contributed by atoms with Crippen LogP contribution in [0, 0.1) is 11.7 Å². The predicted octanol–water partition coefficient (Wildman–Crippen LogP) is 2.39. The van der Waals surface area contributed by atoms with Crippen molar-refractivity contribution in [3.05, 3.63) is 35.6 Å². The molecule has 1 aromatic rings. The molecule has 1 nitrogen and oxygen atoms in total. The van der Waals surface area contributed by atoms with Gasteiger partial charge in [-0.25, -0.2) is 4.39 Å². The fourth-order valence-corrected chi connectivity index (χ4v) is 1.16. The van der Waals surface area contributed by atoms with Gasteiger partial charge in [0.2, 0.25) is 0 Å². The molecule has 0 saturated heterocycles. The maximum absolute atomic E-state index is 12.5. The Labute approximate surface area is 78.2 Å². The molecule has 0 fully saturated rings. The second kappa shape index (κ2) is 4.97. The molecule has 0 amide bonds. The van der Waals surface area contributed by atoms with E-state index in [1.807, 2.05) is 6.92 Å². The Morgan fingerprint density at radius 2 is 1.92 bits per heavy atom. The molecule has 72 valence electrons. The largest absolute Gasteiger partial charge is 0.396 e. The van der Waals surface area contributed by atoms with E-state index in [1.54, 1.807) is 12.1 Å². The Morgan fingerprint density at radius 3 is 2.46 bits per heavy atom. The van der Waals surface area contributed by atoms with E-state index in [9.17, 15) is 4.39 Å². The summed E-state index contributed by atoms with van der Waals surface area (Å²) in [6, 6.07) is 6.52. The maximum atomic E-state index is 12.5. The van der Waals surface area contributed by atoms with E-state index in [0.717, 1.165) is 18.4 Å². The third kappa shape index (κ3) is 3.55. The van der Waals surface area contributed by atoms with Crippen LogP contribution in [0.2, 0.25) is 0 Å². The first kappa shape index (κ1) is 10.2. The maximum Gasteiger partial charge on any atom is 0.123 e. The summed E-state index contributed by atoms with van der Waals surface area (Å²) in [5.74, 6) is 0.129. The Bertz CT molecular complexity index is 243. The van der Waals surface area contributed by atoms with Crippen molar-refractivity contribution in [2.75, 3.05) is 6.61 Å². The first-order chi connectivity index (χ1) is 6.22. The van der Waals surface area contributed by atoms with E-state index >= 15 is 0 Å². The molecule has 0 unspecified atom stereocenters. The first-order valence-corrected chi connectivity index (χ1v) is 4.57. The minimum absolute atomic E-state index is 0.195. The van der Waals surface area contributed by atoms with Crippen molar-refractivity contribution < 1.29 is 9.50 Å². The molecule has 1 N–H and O–H groups in total. The van der Waals surface area contributed by atoms with Gasteiger partial charge in [-0.05, 0) is 36.5 Å². The summed E-state index contributed by atoms with van der Waals surface area (Å²) in [5, 5.41) is 8.80. The van der Waals surface area contributed by atoms with Crippen molar-refractivity contribution in [3.63, 3.8) is 0 Å². The van der Waals surface area contributed by atoms with Crippen LogP contribution < -0.4 is 0 Å². The van der Waals surface area contributed by atoms with Crippen LogP contribution in [0.3, 0.4) is 0 Å². The SMILES string of the molecule is C[C@H](CO)CCc1ccc(F)cc1. The van der Waals surface area contributed by atoms with Crippen molar-refractivity contribution in [1.29, 1.82) is 0 Å². The zero-order chi connectivity index (χ0) is 9.68. The van der Waals surface area contributed by atoms with Crippen LogP contribution in [-0.4, -0.2) is 11.7 Å². The van der Waals surface area contributed by atoms with E-state index < -0.39 is 0 Å². The van der Waals surface area contributed by atoms with Gasteiger partial charge in [0.15, 0.2) is 0 Å². The highest BCUT2D eigenvalue weighted by Gasteiger charge is 2.00. The summed E-state index contributed by atoms with van der Waals surface area (Å²) < 4.78 is 12.5. The van der Waals surface area contributed by atoms with Gasteiger partial charge in [0.25, 0.3) is 0 Å². The van der Waals surface area contributed by atoms with Gasteiger partial charge in [-0.1, -0.05) is 19.1 Å². The summed E-state index contributed by atoms with van der Waals surface area (Å²) in [4.78, 5) is 0. The summed E-state index contributed by atoms with van der Waals surface area (Å²) in [6.07, 6.45) is 1.85. The Hall–Kier alpha value is -0.890. The van der Waals surface area contributed by atoms with Gasteiger partial charge in [0.1, 0.15) is 5.82 Å². The van der Waals surface area contributed by atoms with Crippen LogP contribution in [0.15, 0.2) is 24.3 Å². The van der Waals surface area contributed by atoms with Crippen LogP contribution in [0.25, 0.3) is 0 Å². The Kier molecular flexibility index (Phi) is 3.90. The predicted molar refractivity (Wildman–Crippen MR) is 51.0 cm³/mol. The minimum Gasteiger partial charge on any atom is -0.396 e. The number of rotatable bonds is 4. The first-order valence-electron chi connectivity index (χ1n) is 4.57. The van der Waals surface area contributed by atoms with Crippen LogP contribution in [0.4, 0.5) is 4.39 Å². The van der Waals surface area contributed by atoms with E-state index in [0.29, 0.717) is 5.92 Å². The standard InChI is InChI=1S/C11H15FO/c1-9(8-13)2-3-10-4-6-11(12)7-5-10/h4-7,9,13H,2-3,8H2,1H3/t9-/m0/s1. The lowest BCUT2D eigenvalue weighted by Gasteiger charge is -2.06. The fraction of sp³-hybridized carbons (Fsp3) is 0.455. The molecule has 1 atom stereocenters. The summed E-state index contributed by atoms with van der Waals surface area (Å²) in [5.41, 5.74) is 1.13. The van der Waals surface area contributed by atoms with Crippen LogP contribution in [0.5, 0.6) is 0 Å². The quantitative estimate of drug-likeness (QED) is 0.758. The highest BCUT2D eigenvalue weighted by molar-refractivity contribution is 5.15. The smallest absolute Gasteiger partial charge is 0.123 e. The van der Waals surface area contributed by atoms with E-state index in [4.69, 9.17) is 5.11 Å². The lowest BCUT2D eigenvalue weighted by Crippen LogP contribution is -2.02. The highest BCUT2D eigenvalue weighted by atomic mass is 19.1. The molecule has 0 aromatic heterocycles. The average Bonchev–Trinajstić information content (AvgIpc) is 2.16. The lowest BCUT2D eigenvalue weighted by molar-refractivity contribution is 0.230. The molecular weight excluding hydrogens is 167 g/mol. The molecule has 0 heterocycles. The van der Waals surface area contributed by atoms with Gasteiger partial charge in [-0.3, -0.25) is 0 Å². The Balaban J connectivity index is 2.41. The molecular formula is C11H15FO. The van der Waals surface area contributed by atoms with Crippen molar-refractivity contribution in [1.82, 2.24) is 0 Å². The molecule has 0 aliphatic carbocycles. The number of aliphatic hydroxyl groups is 1. The van der Waals surface area contributed by atoms with Gasteiger partial charge >= 0.3 is 0 Å². The van der Waals surface area contributed by atoms with Crippen molar-refractivity contribution >= 4 is 0 Å². The van der Waals surface area contributed by atoms with Gasteiger partial charge in [-0.2, -0.15) is 0 Å². The summed E-state index contributed by atoms with van der Waals surface area (Å²) in [7, 11) is 0. The third-order valence-corrected chi connectivity index (χ3v) is 2.15. The van der Waals surface area contributed by atoms with Crippen LogP contribution in [0.1, 0.15) is 18.9 Å². The second-order valence-corrected chi connectivity index (χ2v) is 3.45. The van der Waals surface area contributed by atoms with E-state index in [2.05, 4.69) is 0 Å². The summed E-state index contributed by atoms with van der Waals surface area (Å²) in [6.45, 7) is 2.23. The fourth-order valence-electron chi connectivity index (χ4n) is 1.16. The van der Waals surface area contributed by atoms with E-state index in [1.165, 1.54) is 12.1 Å². The highest BCUT2D eigenvalue weighted by Crippen LogP contribution is 2.09. The van der Waals surface area contributed by atoms with Gasteiger partial charge < -0.3 is 5.11 Å². The monoisotopic (exact) mass is 182 g/mol. The van der Waals surface area contributed by atoms with Gasteiger partial charge in [0, 0.05) is 6.61 Å². The Morgan fingerprint density at radius 1 is 1.31 bits per heavy atom. The van der Waals surface area contributed by atoms with Crippen LogP contribution in [-0.2, 0) is 6.42 Å². The number of halogens is 1. The number of benzene rings is 1. The van der Waals surface area contributed by atoms with Crippen molar-refractivity contribution in [2.45, 2.75) is 19.8 Å². The second-order valence-electron chi connectivity index (χ2n) is 3.45. The molecule has 0 bridgehead atoms. The third-order valence-electron chi connectivity index (χ3n) is 2.15. The van der Waals surface area contributed by atoms with Crippen LogP contribution >= 0.6 is 0 Å². The number of hydrogen-bond acceptors (Lipinski definition) is 1. The molecule has 0 aliphatic heterocycles. The molecule has 13 heavy (non-hydrogen) atoms. The lowest BCUT2D eigenvalue weighted by atomic mass is 10.0. The molecule has 0 aliphatic rings. The molecule has 1 aromatic carbocycles. The molecule has 2 heteroatoms. The number of aliphatic hydroxyl groups excluding tert-OH is 1. The van der Waals surface area contributed by atoms with Crippen molar-refractivity contribution in [2.24, 2.45) is 5.92 Å². The zero-order valence-electron chi connectivity index (χ0n) is 7.83. The molecule has 0 saturated carbocycles. The van der Waals surface area contributed by atoms with E-state index in [-0.39, 0.29) is 12.4 Å². The molecule has 0 radical (unpaired) electrons.